The van der Waals surface area contributed by atoms with Gasteiger partial charge in [0.2, 0.25) is 0 Å². The van der Waals surface area contributed by atoms with Crippen LogP contribution in [0.15, 0.2) is 0 Å². The molecule has 0 heterocycles. The van der Waals surface area contributed by atoms with Crippen LogP contribution in [0, 0.1) is 17.8 Å². The highest BCUT2D eigenvalue weighted by Crippen LogP contribution is 2.37. The molecule has 1 saturated carbocycles. The van der Waals surface area contributed by atoms with E-state index in [1.807, 2.05) is 20.8 Å². The van der Waals surface area contributed by atoms with E-state index in [2.05, 4.69) is 0 Å². The first-order chi connectivity index (χ1) is 8.60. The Morgan fingerprint density at radius 1 is 1.00 bits per heavy atom. The first-order valence-electron chi connectivity index (χ1n) is 6.93. The Hall–Kier alpha value is -1.06. The largest absolute Gasteiger partial charge is 0.465 e. The summed E-state index contributed by atoms with van der Waals surface area (Å²) in [6.07, 6.45) is 2.96. The van der Waals surface area contributed by atoms with Crippen LogP contribution in [0.5, 0.6) is 0 Å². The second-order valence-corrected chi connectivity index (χ2v) is 5.09. The van der Waals surface area contributed by atoms with Crippen LogP contribution in [0.25, 0.3) is 0 Å². The van der Waals surface area contributed by atoms with E-state index in [9.17, 15) is 9.59 Å². The Balaban J connectivity index is 2.45. The van der Waals surface area contributed by atoms with Crippen molar-refractivity contribution in [3.63, 3.8) is 0 Å². The first kappa shape index (κ1) is 15.0. The molecular weight excluding hydrogens is 232 g/mol. The molecule has 0 spiro atoms. The smallest absolute Gasteiger partial charge is 0.309 e. The third-order valence-corrected chi connectivity index (χ3v) is 3.41. The lowest BCUT2D eigenvalue weighted by Crippen LogP contribution is -2.21. The van der Waals surface area contributed by atoms with Gasteiger partial charge in [0.15, 0.2) is 0 Å². The summed E-state index contributed by atoms with van der Waals surface area (Å²) in [4.78, 5) is 23.6. The Labute approximate surface area is 109 Å². The number of rotatable bonds is 6. The molecule has 4 nitrogen and oxygen atoms in total. The van der Waals surface area contributed by atoms with Gasteiger partial charge in [0.25, 0.3) is 0 Å². The van der Waals surface area contributed by atoms with E-state index >= 15 is 0 Å². The molecule has 104 valence electrons. The lowest BCUT2D eigenvalue weighted by Gasteiger charge is -2.13. The number of ether oxygens (including phenoxy) is 2. The van der Waals surface area contributed by atoms with Gasteiger partial charge < -0.3 is 9.47 Å². The van der Waals surface area contributed by atoms with E-state index in [0.29, 0.717) is 19.6 Å². The molecule has 3 unspecified atom stereocenters. The molecule has 1 fully saturated rings. The van der Waals surface area contributed by atoms with Crippen molar-refractivity contribution in [1.29, 1.82) is 0 Å². The molecule has 0 saturated heterocycles. The second kappa shape index (κ2) is 7.39. The van der Waals surface area contributed by atoms with Gasteiger partial charge >= 0.3 is 11.9 Å². The van der Waals surface area contributed by atoms with Gasteiger partial charge in [-0.2, -0.15) is 0 Å². The van der Waals surface area contributed by atoms with Crippen LogP contribution in [0.3, 0.4) is 0 Å². The zero-order valence-corrected chi connectivity index (χ0v) is 11.6. The van der Waals surface area contributed by atoms with Crippen LogP contribution in [0.1, 0.15) is 46.5 Å². The number of carbonyl (C=O) groups excluding carboxylic acids is 2. The summed E-state index contributed by atoms with van der Waals surface area (Å²) in [5, 5.41) is 0. The van der Waals surface area contributed by atoms with Crippen molar-refractivity contribution in [3.8, 4) is 0 Å². The van der Waals surface area contributed by atoms with E-state index in [4.69, 9.17) is 9.47 Å². The molecule has 0 amide bonds. The molecule has 0 aromatic rings. The maximum Gasteiger partial charge on any atom is 0.309 e. The molecule has 3 atom stereocenters. The zero-order valence-electron chi connectivity index (χ0n) is 11.6. The highest BCUT2D eigenvalue weighted by molar-refractivity contribution is 5.77. The van der Waals surface area contributed by atoms with Crippen LogP contribution >= 0.6 is 0 Å². The quantitative estimate of drug-likeness (QED) is 0.685. The van der Waals surface area contributed by atoms with E-state index in [1.165, 1.54) is 0 Å². The van der Waals surface area contributed by atoms with Crippen LogP contribution < -0.4 is 0 Å². The molecule has 1 aliphatic carbocycles. The molecular formula is C14H24O4. The summed E-state index contributed by atoms with van der Waals surface area (Å²) in [6, 6.07) is 0. The van der Waals surface area contributed by atoms with Crippen molar-refractivity contribution in [2.75, 3.05) is 13.2 Å². The van der Waals surface area contributed by atoms with Crippen LogP contribution in [0.2, 0.25) is 0 Å². The Morgan fingerprint density at radius 2 is 1.56 bits per heavy atom. The highest BCUT2D eigenvalue weighted by atomic mass is 16.5. The minimum Gasteiger partial charge on any atom is -0.465 e. The van der Waals surface area contributed by atoms with Gasteiger partial charge in [-0.25, -0.2) is 0 Å². The summed E-state index contributed by atoms with van der Waals surface area (Å²) in [7, 11) is 0. The minimum absolute atomic E-state index is 0.134. The topological polar surface area (TPSA) is 52.6 Å². The minimum atomic E-state index is -0.158. The predicted octanol–water partition coefficient (Wildman–Crippen LogP) is 2.56. The van der Waals surface area contributed by atoms with Gasteiger partial charge in [-0.15, -0.1) is 0 Å². The van der Waals surface area contributed by atoms with Crippen molar-refractivity contribution in [2.45, 2.75) is 46.5 Å². The lowest BCUT2D eigenvalue weighted by molar-refractivity contribution is -0.150. The summed E-state index contributed by atoms with van der Waals surface area (Å²) in [5.74, 6) is -0.389. The summed E-state index contributed by atoms with van der Waals surface area (Å²) >= 11 is 0. The third kappa shape index (κ3) is 4.00. The van der Waals surface area contributed by atoms with Gasteiger partial charge in [-0.1, -0.05) is 20.8 Å². The number of carbonyl (C=O) groups is 2. The van der Waals surface area contributed by atoms with Crippen molar-refractivity contribution >= 4 is 11.9 Å². The Kier molecular flexibility index (Phi) is 6.16. The van der Waals surface area contributed by atoms with Crippen molar-refractivity contribution in [1.82, 2.24) is 0 Å². The molecule has 1 rings (SSSR count). The monoisotopic (exact) mass is 256 g/mol. The molecule has 0 aromatic carbocycles. The van der Waals surface area contributed by atoms with Crippen LogP contribution in [-0.4, -0.2) is 25.2 Å². The van der Waals surface area contributed by atoms with Crippen LogP contribution in [-0.2, 0) is 19.1 Å². The van der Waals surface area contributed by atoms with Gasteiger partial charge in [0.1, 0.15) is 0 Å². The molecule has 0 radical (unpaired) electrons. The summed E-state index contributed by atoms with van der Waals surface area (Å²) in [5.41, 5.74) is 0. The number of hydrogen-bond acceptors (Lipinski definition) is 4. The number of esters is 2. The molecule has 0 aromatic heterocycles. The lowest BCUT2D eigenvalue weighted by atomic mass is 9.99. The van der Waals surface area contributed by atoms with E-state index in [0.717, 1.165) is 19.3 Å². The molecule has 0 bridgehead atoms. The Morgan fingerprint density at radius 3 is 2.11 bits per heavy atom. The maximum atomic E-state index is 11.8. The average Bonchev–Trinajstić information content (AvgIpc) is 2.75. The van der Waals surface area contributed by atoms with Crippen molar-refractivity contribution < 1.29 is 19.1 Å². The fourth-order valence-electron chi connectivity index (χ4n) is 2.40. The van der Waals surface area contributed by atoms with Gasteiger partial charge in [-0.05, 0) is 31.6 Å². The molecule has 18 heavy (non-hydrogen) atoms. The fourth-order valence-corrected chi connectivity index (χ4v) is 2.40. The average molecular weight is 256 g/mol. The molecule has 0 aliphatic heterocycles. The SMILES string of the molecule is CCCOC(=O)C1CC(C)C(C(=O)OCCC)C1. The molecule has 1 aliphatic rings. The van der Waals surface area contributed by atoms with E-state index in [1.54, 1.807) is 0 Å². The zero-order chi connectivity index (χ0) is 13.5. The third-order valence-electron chi connectivity index (χ3n) is 3.41. The summed E-state index contributed by atoms with van der Waals surface area (Å²) in [6.45, 7) is 6.87. The first-order valence-corrected chi connectivity index (χ1v) is 6.93. The van der Waals surface area contributed by atoms with E-state index < -0.39 is 0 Å². The normalized spacial score (nSPS) is 26.9. The van der Waals surface area contributed by atoms with Crippen LogP contribution in [0.4, 0.5) is 0 Å². The van der Waals surface area contributed by atoms with Crippen molar-refractivity contribution in [3.05, 3.63) is 0 Å². The van der Waals surface area contributed by atoms with E-state index in [-0.39, 0.29) is 29.7 Å². The van der Waals surface area contributed by atoms with Gasteiger partial charge in [-0.3, -0.25) is 9.59 Å². The molecule has 0 N–H and O–H groups in total. The number of hydrogen-bond donors (Lipinski definition) is 0. The highest BCUT2D eigenvalue weighted by Gasteiger charge is 2.40. The van der Waals surface area contributed by atoms with Gasteiger partial charge in [0, 0.05) is 0 Å². The fraction of sp³-hybridized carbons (Fsp3) is 0.857. The molecule has 4 heteroatoms. The summed E-state index contributed by atoms with van der Waals surface area (Å²) < 4.78 is 10.3. The standard InChI is InChI=1S/C14H24O4/c1-4-6-17-13(15)11-8-10(3)12(9-11)14(16)18-7-5-2/h10-12H,4-9H2,1-3H3. The van der Waals surface area contributed by atoms with Gasteiger partial charge in [0.05, 0.1) is 25.0 Å². The van der Waals surface area contributed by atoms with Crippen molar-refractivity contribution in [2.24, 2.45) is 17.8 Å². The maximum absolute atomic E-state index is 11.8. The second-order valence-electron chi connectivity index (χ2n) is 5.09. The predicted molar refractivity (Wildman–Crippen MR) is 67.9 cm³/mol. The Bertz CT molecular complexity index is 288.